The molecular weight excluding hydrogens is 308 g/mol. The van der Waals surface area contributed by atoms with Gasteiger partial charge >= 0.3 is 0 Å². The fraction of sp³-hybridized carbons (Fsp3) is 0.429. The molecule has 102 valence electrons. The molecule has 0 bridgehead atoms. The summed E-state index contributed by atoms with van der Waals surface area (Å²) in [6, 6.07) is 7.97. The van der Waals surface area contributed by atoms with E-state index >= 15 is 0 Å². The predicted molar refractivity (Wildman–Crippen MR) is 76.6 cm³/mol. The first-order valence-electron chi connectivity index (χ1n) is 6.35. The second-order valence-electron chi connectivity index (χ2n) is 4.32. The first-order valence-corrected chi connectivity index (χ1v) is 7.26. The second-order valence-corrected chi connectivity index (χ2v) is 5.43. The van der Waals surface area contributed by atoms with Gasteiger partial charge in [-0.05, 0) is 31.0 Å². The Balaban J connectivity index is 1.84. The Morgan fingerprint density at radius 3 is 2.95 bits per heavy atom. The molecule has 2 aromatic rings. The van der Waals surface area contributed by atoms with Crippen molar-refractivity contribution < 1.29 is 9.15 Å². The minimum atomic E-state index is 0.131. The van der Waals surface area contributed by atoms with Gasteiger partial charge in [0.1, 0.15) is 5.75 Å². The molecule has 1 aromatic carbocycles. The fourth-order valence-electron chi connectivity index (χ4n) is 1.63. The first kappa shape index (κ1) is 14.1. The van der Waals surface area contributed by atoms with Crippen LogP contribution in [0.3, 0.4) is 0 Å². The largest absolute Gasteiger partial charge is 0.493 e. The molecule has 1 heterocycles. The van der Waals surface area contributed by atoms with Gasteiger partial charge in [0.25, 0.3) is 0 Å². The lowest BCUT2D eigenvalue weighted by Gasteiger charge is -2.04. The van der Waals surface area contributed by atoms with E-state index in [1.165, 1.54) is 5.56 Å². The topological polar surface area (TPSA) is 48.2 Å². The molecule has 0 aliphatic rings. The van der Waals surface area contributed by atoms with E-state index in [0.717, 1.165) is 12.2 Å². The zero-order chi connectivity index (χ0) is 13.7. The van der Waals surface area contributed by atoms with Crippen molar-refractivity contribution in [3.63, 3.8) is 0 Å². The lowest BCUT2D eigenvalue weighted by Crippen LogP contribution is -2.01. The normalized spacial score (nSPS) is 12.4. The van der Waals surface area contributed by atoms with Crippen LogP contribution in [0.15, 0.2) is 28.7 Å². The Morgan fingerprint density at radius 2 is 2.21 bits per heavy atom. The summed E-state index contributed by atoms with van der Waals surface area (Å²) in [7, 11) is 0. The van der Waals surface area contributed by atoms with Crippen molar-refractivity contribution in [1.29, 1.82) is 0 Å². The van der Waals surface area contributed by atoms with Crippen molar-refractivity contribution in [2.45, 2.75) is 31.5 Å². The molecule has 4 nitrogen and oxygen atoms in total. The van der Waals surface area contributed by atoms with Crippen molar-refractivity contribution in [2.24, 2.45) is 0 Å². The number of rotatable bonds is 6. The highest BCUT2D eigenvalue weighted by Gasteiger charge is 2.13. The van der Waals surface area contributed by atoms with Crippen molar-refractivity contribution in [2.75, 3.05) is 6.61 Å². The lowest BCUT2D eigenvalue weighted by molar-refractivity contribution is 0.303. The second kappa shape index (κ2) is 6.70. The van der Waals surface area contributed by atoms with Crippen LogP contribution in [-0.4, -0.2) is 16.8 Å². The standard InChI is InChI=1S/C14H17BrN2O2/c1-3-12(15)14-17-16-13(19-14)7-8-18-11-6-4-5-10(2)9-11/h4-6,9,12H,3,7-8H2,1-2H3. The number of alkyl halides is 1. The molecule has 0 saturated heterocycles. The number of nitrogens with zero attached hydrogens (tertiary/aromatic N) is 2. The van der Waals surface area contributed by atoms with Crippen molar-refractivity contribution in [3.8, 4) is 5.75 Å². The van der Waals surface area contributed by atoms with Crippen LogP contribution in [0, 0.1) is 6.92 Å². The highest BCUT2D eigenvalue weighted by Crippen LogP contribution is 2.24. The summed E-state index contributed by atoms with van der Waals surface area (Å²) < 4.78 is 11.2. The monoisotopic (exact) mass is 324 g/mol. The summed E-state index contributed by atoms with van der Waals surface area (Å²) >= 11 is 3.48. The minimum Gasteiger partial charge on any atom is -0.493 e. The molecule has 0 aliphatic heterocycles. The maximum atomic E-state index is 5.65. The van der Waals surface area contributed by atoms with Crippen LogP contribution >= 0.6 is 15.9 Å². The summed E-state index contributed by atoms with van der Waals surface area (Å²) in [5, 5.41) is 8.01. The van der Waals surface area contributed by atoms with Crippen LogP contribution in [-0.2, 0) is 6.42 Å². The Kier molecular flexibility index (Phi) is 4.96. The Hall–Kier alpha value is -1.36. The van der Waals surface area contributed by atoms with Crippen LogP contribution in [0.1, 0.15) is 35.5 Å². The third-order valence-electron chi connectivity index (χ3n) is 2.68. The Morgan fingerprint density at radius 1 is 1.37 bits per heavy atom. The smallest absolute Gasteiger partial charge is 0.230 e. The summed E-state index contributed by atoms with van der Waals surface area (Å²) in [5.74, 6) is 2.11. The summed E-state index contributed by atoms with van der Waals surface area (Å²) in [6.45, 7) is 4.63. The van der Waals surface area contributed by atoms with E-state index in [2.05, 4.69) is 33.1 Å². The SMILES string of the molecule is CCC(Br)c1nnc(CCOc2cccc(C)c2)o1. The average molecular weight is 325 g/mol. The number of hydrogen-bond acceptors (Lipinski definition) is 4. The van der Waals surface area contributed by atoms with E-state index in [-0.39, 0.29) is 4.83 Å². The Labute approximate surface area is 121 Å². The van der Waals surface area contributed by atoms with E-state index in [4.69, 9.17) is 9.15 Å². The minimum absolute atomic E-state index is 0.131. The van der Waals surface area contributed by atoms with Gasteiger partial charge < -0.3 is 9.15 Å². The number of hydrogen-bond donors (Lipinski definition) is 0. The summed E-state index contributed by atoms with van der Waals surface area (Å²) in [5.41, 5.74) is 1.18. The zero-order valence-corrected chi connectivity index (χ0v) is 12.7. The molecule has 0 saturated carbocycles. The van der Waals surface area contributed by atoms with Gasteiger partial charge in [0.05, 0.1) is 17.9 Å². The number of ether oxygens (including phenoxy) is 1. The van der Waals surface area contributed by atoms with Gasteiger partial charge in [-0.15, -0.1) is 10.2 Å². The molecule has 1 atom stereocenters. The third-order valence-corrected chi connectivity index (χ3v) is 3.72. The van der Waals surface area contributed by atoms with Gasteiger partial charge in [0, 0.05) is 0 Å². The third kappa shape index (κ3) is 4.06. The van der Waals surface area contributed by atoms with Crippen LogP contribution in [0.4, 0.5) is 0 Å². The number of halogens is 1. The molecule has 2 rings (SSSR count). The molecule has 1 aromatic heterocycles. The van der Waals surface area contributed by atoms with E-state index in [0.29, 0.717) is 24.8 Å². The van der Waals surface area contributed by atoms with Crippen molar-refractivity contribution in [3.05, 3.63) is 41.6 Å². The van der Waals surface area contributed by atoms with E-state index in [1.807, 2.05) is 31.2 Å². The van der Waals surface area contributed by atoms with Gasteiger partial charge in [-0.3, -0.25) is 0 Å². The molecular formula is C14H17BrN2O2. The van der Waals surface area contributed by atoms with Gasteiger partial charge in [-0.1, -0.05) is 35.0 Å². The van der Waals surface area contributed by atoms with Crippen LogP contribution in [0.2, 0.25) is 0 Å². The molecule has 0 fully saturated rings. The fourth-order valence-corrected chi connectivity index (χ4v) is 1.82. The number of benzene rings is 1. The van der Waals surface area contributed by atoms with Gasteiger partial charge in [-0.2, -0.15) is 0 Å². The predicted octanol–water partition coefficient (Wildman–Crippen LogP) is 3.85. The van der Waals surface area contributed by atoms with Crippen molar-refractivity contribution >= 4 is 15.9 Å². The lowest BCUT2D eigenvalue weighted by atomic mass is 10.2. The molecule has 0 N–H and O–H groups in total. The number of aryl methyl sites for hydroxylation is 1. The maximum Gasteiger partial charge on any atom is 0.230 e. The van der Waals surface area contributed by atoms with Gasteiger partial charge in [0.15, 0.2) is 0 Å². The van der Waals surface area contributed by atoms with Crippen LogP contribution in [0.5, 0.6) is 5.75 Å². The highest BCUT2D eigenvalue weighted by molar-refractivity contribution is 9.09. The van der Waals surface area contributed by atoms with Crippen LogP contribution in [0.25, 0.3) is 0 Å². The zero-order valence-electron chi connectivity index (χ0n) is 11.1. The maximum absolute atomic E-state index is 5.65. The van der Waals surface area contributed by atoms with Crippen LogP contribution < -0.4 is 4.74 Å². The molecule has 19 heavy (non-hydrogen) atoms. The molecule has 1 unspecified atom stereocenters. The van der Waals surface area contributed by atoms with E-state index < -0.39 is 0 Å². The first-order chi connectivity index (χ1) is 9.19. The quantitative estimate of drug-likeness (QED) is 0.757. The molecule has 0 aliphatic carbocycles. The van der Waals surface area contributed by atoms with Gasteiger partial charge in [-0.25, -0.2) is 0 Å². The molecule has 5 heteroatoms. The van der Waals surface area contributed by atoms with E-state index in [9.17, 15) is 0 Å². The molecule has 0 radical (unpaired) electrons. The molecule has 0 spiro atoms. The number of aromatic nitrogens is 2. The van der Waals surface area contributed by atoms with Crippen molar-refractivity contribution in [1.82, 2.24) is 10.2 Å². The summed E-state index contributed by atoms with van der Waals surface area (Å²) in [6.07, 6.45) is 1.53. The molecule has 0 amide bonds. The Bertz CT molecular complexity index is 528. The highest BCUT2D eigenvalue weighted by atomic mass is 79.9. The summed E-state index contributed by atoms with van der Waals surface area (Å²) in [4.78, 5) is 0.131. The average Bonchev–Trinajstić information content (AvgIpc) is 2.87. The van der Waals surface area contributed by atoms with Gasteiger partial charge in [0.2, 0.25) is 11.8 Å². The van der Waals surface area contributed by atoms with E-state index in [1.54, 1.807) is 0 Å².